The standard InChI is InChI=1S/C24H27Cl2N5O5S/c1-5-37(33,34)30-16-8-6-7-13(16)11-27-24-28-12-14-9-15(23(32)31(2)22(14)29-24)19-20(25)17(35-3)10-18(36-4)21(19)26/h5,9-10,12-13,16,30H,1,6-8,11H2,2-4H3,(H,27,28,29)/t13-,16-/m0/s1. The van der Waals surface area contributed by atoms with Crippen LogP contribution in [0.25, 0.3) is 22.2 Å². The van der Waals surface area contributed by atoms with Crippen molar-refractivity contribution in [3.05, 3.63) is 50.7 Å². The smallest absolute Gasteiger partial charge is 0.259 e. The highest BCUT2D eigenvalue weighted by molar-refractivity contribution is 7.92. The number of fused-ring (bicyclic) bond motifs is 1. The summed E-state index contributed by atoms with van der Waals surface area (Å²) in [7, 11) is 1.00. The molecule has 2 atom stereocenters. The zero-order chi connectivity index (χ0) is 26.9. The van der Waals surface area contributed by atoms with Gasteiger partial charge in [-0.15, -0.1) is 0 Å². The van der Waals surface area contributed by atoms with Gasteiger partial charge in [-0.2, -0.15) is 4.98 Å². The van der Waals surface area contributed by atoms with Crippen LogP contribution in [0.2, 0.25) is 10.0 Å². The summed E-state index contributed by atoms with van der Waals surface area (Å²) >= 11 is 13.1. The van der Waals surface area contributed by atoms with Crippen LogP contribution in [-0.2, 0) is 17.1 Å². The molecular weight excluding hydrogens is 541 g/mol. The second-order valence-corrected chi connectivity index (χ2v) is 11.1. The zero-order valence-corrected chi connectivity index (χ0v) is 22.9. The lowest BCUT2D eigenvalue weighted by molar-refractivity contribution is 0.395. The molecule has 0 unspecified atom stereocenters. The Morgan fingerprint density at radius 1 is 1.19 bits per heavy atom. The number of nitrogens with one attached hydrogen (secondary N) is 2. The van der Waals surface area contributed by atoms with Crippen molar-refractivity contribution in [2.45, 2.75) is 25.3 Å². The molecule has 1 aliphatic carbocycles. The van der Waals surface area contributed by atoms with E-state index in [1.54, 1.807) is 25.4 Å². The van der Waals surface area contributed by atoms with Gasteiger partial charge in [0.15, 0.2) is 0 Å². The highest BCUT2D eigenvalue weighted by Gasteiger charge is 2.30. The summed E-state index contributed by atoms with van der Waals surface area (Å²) < 4.78 is 38.5. The van der Waals surface area contributed by atoms with Crippen molar-refractivity contribution in [1.29, 1.82) is 0 Å². The predicted octanol–water partition coefficient (Wildman–Crippen LogP) is 3.96. The molecule has 1 aliphatic rings. The molecule has 2 aromatic heterocycles. The summed E-state index contributed by atoms with van der Waals surface area (Å²) in [6.45, 7) is 3.82. The summed E-state index contributed by atoms with van der Waals surface area (Å²) in [5, 5.41) is 5.05. The second-order valence-electron chi connectivity index (χ2n) is 8.69. The topological polar surface area (TPSA) is 124 Å². The molecule has 37 heavy (non-hydrogen) atoms. The number of hydrogen-bond acceptors (Lipinski definition) is 8. The van der Waals surface area contributed by atoms with E-state index in [1.165, 1.54) is 18.8 Å². The first-order valence-corrected chi connectivity index (χ1v) is 13.8. The number of aryl methyl sites for hydroxylation is 1. The third-order valence-electron chi connectivity index (χ3n) is 6.51. The number of halogens is 2. The van der Waals surface area contributed by atoms with Crippen LogP contribution in [0, 0.1) is 5.92 Å². The van der Waals surface area contributed by atoms with E-state index in [4.69, 9.17) is 32.7 Å². The summed E-state index contributed by atoms with van der Waals surface area (Å²) in [4.78, 5) is 22.3. The Bertz CT molecular complexity index is 1500. The molecule has 2 N–H and O–H groups in total. The molecule has 4 rings (SSSR count). The average molecular weight is 568 g/mol. The van der Waals surface area contributed by atoms with Gasteiger partial charge in [0.05, 0.1) is 29.8 Å². The van der Waals surface area contributed by atoms with Gasteiger partial charge in [-0.25, -0.2) is 18.1 Å². The normalized spacial score (nSPS) is 17.6. The van der Waals surface area contributed by atoms with Gasteiger partial charge >= 0.3 is 0 Å². The molecule has 3 aromatic rings. The minimum Gasteiger partial charge on any atom is -0.495 e. The number of benzene rings is 1. The fraction of sp³-hybridized carbons (Fsp3) is 0.375. The Balaban J connectivity index is 1.66. The second kappa shape index (κ2) is 10.9. The summed E-state index contributed by atoms with van der Waals surface area (Å²) in [6.07, 6.45) is 4.11. The van der Waals surface area contributed by atoms with Gasteiger partial charge < -0.3 is 14.8 Å². The molecule has 0 bridgehead atoms. The molecule has 0 aliphatic heterocycles. The van der Waals surface area contributed by atoms with Gasteiger partial charge in [0, 0.05) is 48.3 Å². The van der Waals surface area contributed by atoms with Crippen LogP contribution >= 0.6 is 23.2 Å². The van der Waals surface area contributed by atoms with Gasteiger partial charge in [-0.1, -0.05) is 36.2 Å². The molecule has 1 saturated carbocycles. The van der Waals surface area contributed by atoms with E-state index >= 15 is 0 Å². The van der Waals surface area contributed by atoms with Crippen molar-refractivity contribution < 1.29 is 17.9 Å². The molecule has 13 heteroatoms. The van der Waals surface area contributed by atoms with Gasteiger partial charge in [0.2, 0.25) is 16.0 Å². The fourth-order valence-corrected chi connectivity index (χ4v) is 6.08. The number of hydrogen-bond donors (Lipinski definition) is 2. The monoisotopic (exact) mass is 567 g/mol. The molecule has 2 heterocycles. The van der Waals surface area contributed by atoms with Crippen molar-refractivity contribution >= 4 is 50.2 Å². The van der Waals surface area contributed by atoms with Crippen molar-refractivity contribution in [2.75, 3.05) is 26.1 Å². The highest BCUT2D eigenvalue weighted by atomic mass is 35.5. The molecule has 0 spiro atoms. The number of sulfonamides is 1. The lowest BCUT2D eigenvalue weighted by Gasteiger charge is -2.20. The third-order valence-corrected chi connectivity index (χ3v) is 8.33. The van der Waals surface area contributed by atoms with E-state index in [0.29, 0.717) is 40.6 Å². The van der Waals surface area contributed by atoms with E-state index < -0.39 is 10.0 Å². The summed E-state index contributed by atoms with van der Waals surface area (Å²) in [6, 6.07) is 2.99. The van der Waals surface area contributed by atoms with Crippen LogP contribution in [-0.4, -0.2) is 49.8 Å². The Morgan fingerprint density at radius 3 is 2.49 bits per heavy atom. The first-order valence-electron chi connectivity index (χ1n) is 11.5. The van der Waals surface area contributed by atoms with Crippen molar-refractivity contribution in [2.24, 2.45) is 13.0 Å². The first-order chi connectivity index (χ1) is 17.6. The van der Waals surface area contributed by atoms with Gasteiger partial charge in [0.25, 0.3) is 5.56 Å². The molecule has 0 radical (unpaired) electrons. The Morgan fingerprint density at radius 2 is 1.86 bits per heavy atom. The van der Waals surface area contributed by atoms with E-state index in [1.807, 2.05) is 0 Å². The molecule has 1 aromatic carbocycles. The van der Waals surface area contributed by atoms with Gasteiger partial charge in [-0.05, 0) is 24.8 Å². The van der Waals surface area contributed by atoms with E-state index in [-0.39, 0.29) is 33.1 Å². The molecule has 198 valence electrons. The van der Waals surface area contributed by atoms with Crippen LogP contribution in [0.3, 0.4) is 0 Å². The molecule has 10 nitrogen and oxygen atoms in total. The van der Waals surface area contributed by atoms with Crippen LogP contribution < -0.4 is 25.1 Å². The summed E-state index contributed by atoms with van der Waals surface area (Å²) in [5.74, 6) is 1.02. The SMILES string of the molecule is C=CS(=O)(=O)N[C@H]1CCC[C@H]1CNc1ncc2cc(-c3c(Cl)c(OC)cc(OC)c3Cl)c(=O)n(C)c2n1. The molecule has 0 saturated heterocycles. The maximum Gasteiger partial charge on any atom is 0.259 e. The number of nitrogens with zero attached hydrogens (tertiary/aromatic N) is 3. The quantitative estimate of drug-likeness (QED) is 0.398. The molecular formula is C24H27Cl2N5O5S. The highest BCUT2D eigenvalue weighted by Crippen LogP contribution is 2.45. The summed E-state index contributed by atoms with van der Waals surface area (Å²) in [5.41, 5.74) is 0.572. The zero-order valence-electron chi connectivity index (χ0n) is 20.5. The van der Waals surface area contributed by atoms with Crippen molar-refractivity contribution in [1.82, 2.24) is 19.3 Å². The minimum absolute atomic E-state index is 0.0625. The molecule has 0 amide bonds. The maximum absolute atomic E-state index is 13.4. The van der Waals surface area contributed by atoms with Crippen LogP contribution in [0.5, 0.6) is 11.5 Å². The number of methoxy groups -OCH3 is 2. The lowest BCUT2D eigenvalue weighted by atomic mass is 10.0. The predicted molar refractivity (Wildman–Crippen MR) is 145 cm³/mol. The maximum atomic E-state index is 13.4. The number of rotatable bonds is 9. The Labute approximate surface area is 224 Å². The van der Waals surface area contributed by atoms with Crippen LogP contribution in [0.1, 0.15) is 19.3 Å². The van der Waals surface area contributed by atoms with E-state index in [9.17, 15) is 13.2 Å². The van der Waals surface area contributed by atoms with Crippen LogP contribution in [0.15, 0.2) is 35.1 Å². The largest absolute Gasteiger partial charge is 0.495 e. The molecule has 1 fully saturated rings. The Kier molecular flexibility index (Phi) is 7.98. The fourth-order valence-electron chi connectivity index (χ4n) is 4.55. The van der Waals surface area contributed by atoms with Gasteiger partial charge in [-0.3, -0.25) is 9.36 Å². The third kappa shape index (κ3) is 5.40. The number of anilines is 1. The number of pyridine rings is 1. The van der Waals surface area contributed by atoms with Gasteiger partial charge in [0.1, 0.15) is 17.1 Å². The van der Waals surface area contributed by atoms with Crippen molar-refractivity contribution in [3.63, 3.8) is 0 Å². The average Bonchev–Trinajstić information content (AvgIpc) is 3.32. The Hall–Kier alpha value is -2.86. The number of ether oxygens (including phenoxy) is 2. The van der Waals surface area contributed by atoms with E-state index in [0.717, 1.165) is 24.7 Å². The minimum atomic E-state index is -3.52. The van der Waals surface area contributed by atoms with Crippen molar-refractivity contribution in [3.8, 4) is 22.6 Å². The van der Waals surface area contributed by atoms with E-state index in [2.05, 4.69) is 26.6 Å². The lowest BCUT2D eigenvalue weighted by Crippen LogP contribution is -2.38. The number of aromatic nitrogens is 3. The van der Waals surface area contributed by atoms with Crippen LogP contribution in [0.4, 0.5) is 5.95 Å². The first kappa shape index (κ1) is 27.2.